The minimum absolute atomic E-state index is 0.0787. The number of ether oxygens (including phenoxy) is 3. The Bertz CT molecular complexity index is 408. The van der Waals surface area contributed by atoms with E-state index < -0.39 is 0 Å². The summed E-state index contributed by atoms with van der Waals surface area (Å²) in [6.45, 7) is 1.38. The van der Waals surface area contributed by atoms with Gasteiger partial charge in [-0.05, 0) is 7.05 Å². The third kappa shape index (κ3) is 2.70. The summed E-state index contributed by atoms with van der Waals surface area (Å²) in [7, 11) is 5.23. The van der Waals surface area contributed by atoms with Crippen LogP contribution in [0.1, 0.15) is 24.6 Å². The second kappa shape index (κ2) is 6.27. The second-order valence-corrected chi connectivity index (χ2v) is 4.55. The zero-order chi connectivity index (χ0) is 13.7. The number of methoxy groups -OCH3 is 2. The van der Waals surface area contributed by atoms with Gasteiger partial charge < -0.3 is 19.5 Å². The fraction of sp³-hybridized carbons (Fsp3) is 0.692. The Morgan fingerprint density at radius 1 is 1.26 bits per heavy atom. The Morgan fingerprint density at radius 2 is 1.95 bits per heavy atom. The third-order valence-corrected chi connectivity index (χ3v) is 3.72. The van der Waals surface area contributed by atoms with E-state index in [-0.39, 0.29) is 11.6 Å². The van der Waals surface area contributed by atoms with E-state index in [1.54, 1.807) is 26.6 Å². The van der Waals surface area contributed by atoms with Crippen molar-refractivity contribution in [2.75, 3.05) is 34.5 Å². The molecule has 2 heterocycles. The van der Waals surface area contributed by atoms with E-state index in [0.29, 0.717) is 19.1 Å². The van der Waals surface area contributed by atoms with Gasteiger partial charge in [0, 0.05) is 45.6 Å². The number of rotatable bonds is 5. The van der Waals surface area contributed by atoms with E-state index in [9.17, 15) is 0 Å². The summed E-state index contributed by atoms with van der Waals surface area (Å²) >= 11 is 0. The van der Waals surface area contributed by atoms with Crippen molar-refractivity contribution in [2.45, 2.75) is 24.5 Å². The van der Waals surface area contributed by atoms with Gasteiger partial charge in [-0.1, -0.05) is 0 Å². The topological polar surface area (TPSA) is 65.5 Å². The molecule has 1 fully saturated rings. The predicted octanol–water partition coefficient (Wildman–Crippen LogP) is 0.941. The van der Waals surface area contributed by atoms with Gasteiger partial charge in [-0.15, -0.1) is 0 Å². The highest BCUT2D eigenvalue weighted by molar-refractivity contribution is 5.24. The molecule has 0 radical (unpaired) electrons. The summed E-state index contributed by atoms with van der Waals surface area (Å²) < 4.78 is 16.6. The van der Waals surface area contributed by atoms with E-state index in [1.807, 2.05) is 7.05 Å². The van der Waals surface area contributed by atoms with Crippen molar-refractivity contribution in [1.29, 1.82) is 0 Å². The maximum absolute atomic E-state index is 5.82. The predicted molar refractivity (Wildman–Crippen MR) is 70.2 cm³/mol. The Morgan fingerprint density at radius 3 is 2.53 bits per heavy atom. The summed E-state index contributed by atoms with van der Waals surface area (Å²) in [5.74, 6) is 0.532. The molecule has 0 bridgehead atoms. The van der Waals surface area contributed by atoms with Gasteiger partial charge in [0.25, 0.3) is 0 Å². The lowest BCUT2D eigenvalue weighted by atomic mass is 9.84. The van der Waals surface area contributed by atoms with E-state index >= 15 is 0 Å². The third-order valence-electron chi connectivity index (χ3n) is 3.72. The van der Waals surface area contributed by atoms with Gasteiger partial charge in [0.05, 0.1) is 18.8 Å². The number of nitrogens with zero attached hydrogens (tertiary/aromatic N) is 2. The molecule has 2 rings (SSSR count). The van der Waals surface area contributed by atoms with Crippen molar-refractivity contribution in [3.63, 3.8) is 0 Å². The molecule has 0 amide bonds. The minimum Gasteiger partial charge on any atom is -0.480 e. The molecule has 1 aliphatic rings. The van der Waals surface area contributed by atoms with Crippen LogP contribution in [0.2, 0.25) is 0 Å². The van der Waals surface area contributed by atoms with Crippen molar-refractivity contribution in [3.05, 3.63) is 18.1 Å². The van der Waals surface area contributed by atoms with Crippen molar-refractivity contribution in [1.82, 2.24) is 15.3 Å². The van der Waals surface area contributed by atoms with Crippen LogP contribution in [0.5, 0.6) is 5.88 Å². The van der Waals surface area contributed by atoms with Crippen molar-refractivity contribution in [2.24, 2.45) is 0 Å². The maximum Gasteiger partial charge on any atom is 0.237 e. The lowest BCUT2D eigenvalue weighted by Gasteiger charge is -2.41. The molecule has 1 N–H and O–H groups in total. The summed E-state index contributed by atoms with van der Waals surface area (Å²) in [6, 6.07) is -0.0787. The molecule has 0 aliphatic carbocycles. The normalized spacial score (nSPS) is 19.9. The first kappa shape index (κ1) is 14.2. The molecule has 1 atom stereocenters. The molecule has 0 aromatic carbocycles. The van der Waals surface area contributed by atoms with E-state index in [2.05, 4.69) is 15.3 Å². The Hall–Kier alpha value is -1.24. The maximum atomic E-state index is 5.82. The molecule has 6 heteroatoms. The molecule has 0 saturated carbocycles. The second-order valence-electron chi connectivity index (χ2n) is 4.55. The monoisotopic (exact) mass is 267 g/mol. The summed E-state index contributed by atoms with van der Waals surface area (Å²) in [4.78, 5) is 8.63. The largest absolute Gasteiger partial charge is 0.480 e. The van der Waals surface area contributed by atoms with Crippen LogP contribution in [0.4, 0.5) is 0 Å². The van der Waals surface area contributed by atoms with Crippen LogP contribution in [0.15, 0.2) is 12.4 Å². The molecule has 1 unspecified atom stereocenters. The van der Waals surface area contributed by atoms with E-state index in [0.717, 1.165) is 18.5 Å². The average molecular weight is 267 g/mol. The Labute approximate surface area is 113 Å². The molecule has 1 saturated heterocycles. The highest BCUT2D eigenvalue weighted by Gasteiger charge is 2.43. The molecule has 1 aromatic heterocycles. The van der Waals surface area contributed by atoms with Crippen molar-refractivity contribution in [3.8, 4) is 5.88 Å². The summed E-state index contributed by atoms with van der Waals surface area (Å²) in [5.41, 5.74) is 0.437. The van der Waals surface area contributed by atoms with Crippen LogP contribution in [-0.4, -0.2) is 50.1 Å². The first-order chi connectivity index (χ1) is 9.27. The highest BCUT2D eigenvalue weighted by Crippen LogP contribution is 2.38. The molecular formula is C13H21N3O3. The fourth-order valence-electron chi connectivity index (χ4n) is 2.67. The van der Waals surface area contributed by atoms with Gasteiger partial charge in [0.2, 0.25) is 5.88 Å². The number of hydrogen-bond donors (Lipinski definition) is 1. The van der Waals surface area contributed by atoms with Crippen molar-refractivity contribution < 1.29 is 14.2 Å². The van der Waals surface area contributed by atoms with Crippen LogP contribution >= 0.6 is 0 Å². The molecule has 6 nitrogen and oxygen atoms in total. The molecule has 0 spiro atoms. The van der Waals surface area contributed by atoms with Gasteiger partial charge in [0.15, 0.2) is 0 Å². The quantitative estimate of drug-likeness (QED) is 0.856. The first-order valence-electron chi connectivity index (χ1n) is 6.42. The van der Waals surface area contributed by atoms with Gasteiger partial charge in [0.1, 0.15) is 5.69 Å². The Balaban J connectivity index is 2.36. The van der Waals surface area contributed by atoms with Crippen molar-refractivity contribution >= 4 is 0 Å². The van der Waals surface area contributed by atoms with Crippen LogP contribution in [0.25, 0.3) is 0 Å². The summed E-state index contributed by atoms with van der Waals surface area (Å²) in [5, 5.41) is 3.29. The van der Waals surface area contributed by atoms with Gasteiger partial charge in [-0.3, -0.25) is 4.98 Å². The van der Waals surface area contributed by atoms with Gasteiger partial charge >= 0.3 is 0 Å². The van der Waals surface area contributed by atoms with Gasteiger partial charge in [-0.2, -0.15) is 0 Å². The zero-order valence-electron chi connectivity index (χ0n) is 11.7. The van der Waals surface area contributed by atoms with Gasteiger partial charge in [-0.25, -0.2) is 4.98 Å². The smallest absolute Gasteiger partial charge is 0.237 e. The standard InChI is InChI=1S/C13H21N3O3/c1-14-11(10-12(17-2)16-7-6-15-10)13(18-3)4-8-19-9-5-13/h6-7,11,14H,4-5,8-9H2,1-3H3. The van der Waals surface area contributed by atoms with Crippen LogP contribution in [-0.2, 0) is 9.47 Å². The molecule has 106 valence electrons. The van der Waals surface area contributed by atoms with Crippen LogP contribution < -0.4 is 10.1 Å². The number of hydrogen-bond acceptors (Lipinski definition) is 6. The number of nitrogens with one attached hydrogen (secondary N) is 1. The molecule has 1 aliphatic heterocycles. The van der Waals surface area contributed by atoms with Crippen LogP contribution in [0.3, 0.4) is 0 Å². The minimum atomic E-state index is -0.337. The Kier molecular flexibility index (Phi) is 4.68. The molecule has 1 aromatic rings. The fourth-order valence-corrected chi connectivity index (χ4v) is 2.67. The summed E-state index contributed by atoms with van der Waals surface area (Å²) in [6.07, 6.45) is 4.92. The van der Waals surface area contributed by atoms with Crippen LogP contribution in [0, 0.1) is 0 Å². The SMILES string of the molecule is CNC(c1nccnc1OC)C1(OC)CCOCC1. The van der Waals surface area contributed by atoms with E-state index in [4.69, 9.17) is 14.2 Å². The number of likely N-dealkylation sites (N-methyl/N-ethyl adjacent to an activating group) is 1. The molecule has 19 heavy (non-hydrogen) atoms. The zero-order valence-corrected chi connectivity index (χ0v) is 11.7. The highest BCUT2D eigenvalue weighted by atomic mass is 16.5. The lowest BCUT2D eigenvalue weighted by Crippen LogP contribution is -2.48. The number of aromatic nitrogens is 2. The molecular weight excluding hydrogens is 246 g/mol. The average Bonchev–Trinajstić information content (AvgIpc) is 2.49. The first-order valence-corrected chi connectivity index (χ1v) is 6.42. The van der Waals surface area contributed by atoms with E-state index in [1.165, 1.54) is 0 Å². The lowest BCUT2D eigenvalue weighted by molar-refractivity contribution is -0.111.